The molecule has 0 aromatic heterocycles. The van der Waals surface area contributed by atoms with Gasteiger partial charge in [-0.3, -0.25) is 0 Å². The first-order valence-electron chi connectivity index (χ1n) is 7.59. The van der Waals surface area contributed by atoms with Gasteiger partial charge in [-0.2, -0.15) is 0 Å². The zero-order valence-electron chi connectivity index (χ0n) is 12.9. The van der Waals surface area contributed by atoms with Crippen LogP contribution in [0, 0.1) is 5.82 Å². The monoisotopic (exact) mass is 308 g/mol. The van der Waals surface area contributed by atoms with E-state index in [0.717, 1.165) is 17.5 Å². The van der Waals surface area contributed by atoms with E-state index in [2.05, 4.69) is 31.2 Å². The Morgan fingerprint density at radius 2 is 1.83 bits per heavy atom. The third-order valence-electron chi connectivity index (χ3n) is 4.40. The van der Waals surface area contributed by atoms with Crippen LogP contribution in [0.25, 0.3) is 5.57 Å². The van der Waals surface area contributed by atoms with Crippen molar-refractivity contribution in [3.05, 3.63) is 83.7 Å². The number of benzene rings is 2. The van der Waals surface area contributed by atoms with Gasteiger partial charge in [0.2, 0.25) is 0 Å². The maximum atomic E-state index is 14.1. The second-order valence-corrected chi connectivity index (χ2v) is 6.12. The van der Waals surface area contributed by atoms with Crippen LogP contribution in [0.5, 0.6) is 0 Å². The Morgan fingerprint density at radius 3 is 2.48 bits per heavy atom. The molecule has 1 aliphatic carbocycles. The molecule has 0 saturated heterocycles. The summed E-state index contributed by atoms with van der Waals surface area (Å²) < 4.78 is 14.1. The van der Waals surface area contributed by atoms with Gasteiger partial charge in [0, 0.05) is 10.9 Å². The fourth-order valence-corrected chi connectivity index (χ4v) is 3.03. The molecule has 1 aliphatic rings. The van der Waals surface area contributed by atoms with E-state index in [-0.39, 0.29) is 10.9 Å². The number of halogens is 1. The minimum Gasteiger partial charge on any atom is -0.423 e. The van der Waals surface area contributed by atoms with Crippen LogP contribution < -0.4 is 5.46 Å². The van der Waals surface area contributed by atoms with Gasteiger partial charge in [0.15, 0.2) is 0 Å². The standard InChI is InChI=1S/C19H18BFO2/c1-19(16-9-10-17(20(22)23)18(21)12-16)11-5-8-15(13-19)14-6-3-2-4-7-14/h2-12,22-23H,13H2,1H3. The third kappa shape index (κ3) is 3.14. The van der Waals surface area contributed by atoms with Crippen molar-refractivity contribution in [2.75, 3.05) is 0 Å². The van der Waals surface area contributed by atoms with Crippen LogP contribution in [-0.2, 0) is 5.41 Å². The lowest BCUT2D eigenvalue weighted by molar-refractivity contribution is 0.423. The summed E-state index contributed by atoms with van der Waals surface area (Å²) in [5.74, 6) is -0.595. The molecule has 1 unspecified atom stereocenters. The Bertz CT molecular complexity index is 768. The van der Waals surface area contributed by atoms with E-state index in [1.54, 1.807) is 6.07 Å². The molecule has 0 bridgehead atoms. The smallest absolute Gasteiger partial charge is 0.423 e. The zero-order chi connectivity index (χ0) is 16.4. The molecule has 2 N–H and O–H groups in total. The lowest BCUT2D eigenvalue weighted by Gasteiger charge is -2.31. The van der Waals surface area contributed by atoms with E-state index in [9.17, 15) is 4.39 Å². The molecule has 116 valence electrons. The Morgan fingerprint density at radius 1 is 1.09 bits per heavy atom. The van der Waals surface area contributed by atoms with Crippen LogP contribution in [0.15, 0.2) is 66.8 Å². The Labute approximate surface area is 135 Å². The Kier molecular flexibility index (Phi) is 4.20. The second-order valence-electron chi connectivity index (χ2n) is 6.12. The van der Waals surface area contributed by atoms with Crippen molar-refractivity contribution in [3.8, 4) is 0 Å². The molecule has 2 aromatic carbocycles. The largest absolute Gasteiger partial charge is 0.491 e. The summed E-state index contributed by atoms with van der Waals surface area (Å²) in [7, 11) is -1.79. The predicted molar refractivity (Wildman–Crippen MR) is 91.8 cm³/mol. The van der Waals surface area contributed by atoms with Gasteiger partial charge >= 0.3 is 7.12 Å². The van der Waals surface area contributed by atoms with Crippen LogP contribution in [0.3, 0.4) is 0 Å². The van der Waals surface area contributed by atoms with Crippen molar-refractivity contribution in [3.63, 3.8) is 0 Å². The molecular formula is C19H18BFO2. The van der Waals surface area contributed by atoms with Crippen molar-refractivity contribution in [1.82, 2.24) is 0 Å². The predicted octanol–water partition coefficient (Wildman–Crippen LogP) is 2.81. The molecule has 1 atom stereocenters. The topological polar surface area (TPSA) is 40.5 Å². The summed E-state index contributed by atoms with van der Waals surface area (Å²) in [5, 5.41) is 18.3. The fraction of sp³-hybridized carbons (Fsp3) is 0.158. The minimum atomic E-state index is -1.79. The first-order chi connectivity index (χ1) is 11.0. The van der Waals surface area contributed by atoms with Crippen molar-refractivity contribution in [2.45, 2.75) is 18.8 Å². The van der Waals surface area contributed by atoms with Crippen LogP contribution in [0.4, 0.5) is 4.39 Å². The van der Waals surface area contributed by atoms with E-state index in [1.807, 2.05) is 24.3 Å². The van der Waals surface area contributed by atoms with Crippen molar-refractivity contribution < 1.29 is 14.4 Å². The third-order valence-corrected chi connectivity index (χ3v) is 4.40. The van der Waals surface area contributed by atoms with Gasteiger partial charge in [0.25, 0.3) is 0 Å². The molecule has 3 rings (SSSR count). The quantitative estimate of drug-likeness (QED) is 0.856. The maximum absolute atomic E-state index is 14.1. The van der Waals surface area contributed by atoms with Crippen molar-refractivity contribution >= 4 is 18.2 Å². The lowest BCUT2D eigenvalue weighted by Crippen LogP contribution is -2.33. The molecule has 0 heterocycles. The molecule has 2 aromatic rings. The Balaban J connectivity index is 1.93. The number of hydrogen-bond donors (Lipinski definition) is 2. The number of hydrogen-bond acceptors (Lipinski definition) is 2. The van der Waals surface area contributed by atoms with Crippen molar-refractivity contribution in [1.29, 1.82) is 0 Å². The first-order valence-corrected chi connectivity index (χ1v) is 7.59. The zero-order valence-corrected chi connectivity index (χ0v) is 12.9. The van der Waals surface area contributed by atoms with Gasteiger partial charge in [0.1, 0.15) is 5.82 Å². The summed E-state index contributed by atoms with van der Waals surface area (Å²) >= 11 is 0. The van der Waals surface area contributed by atoms with E-state index in [0.29, 0.717) is 0 Å². The highest BCUT2D eigenvalue weighted by molar-refractivity contribution is 6.58. The fourth-order valence-electron chi connectivity index (χ4n) is 3.03. The molecule has 0 aliphatic heterocycles. The molecule has 23 heavy (non-hydrogen) atoms. The number of rotatable bonds is 3. The highest BCUT2D eigenvalue weighted by atomic mass is 19.1. The summed E-state index contributed by atoms with van der Waals surface area (Å²) in [5.41, 5.74) is 2.74. The van der Waals surface area contributed by atoms with E-state index in [1.165, 1.54) is 17.7 Å². The molecule has 2 nitrogen and oxygen atoms in total. The normalized spacial score (nSPS) is 20.3. The summed E-state index contributed by atoms with van der Waals surface area (Å²) in [6, 6.07) is 14.7. The van der Waals surface area contributed by atoms with Gasteiger partial charge in [-0.1, -0.05) is 67.6 Å². The van der Waals surface area contributed by atoms with Crippen LogP contribution in [0.2, 0.25) is 0 Å². The van der Waals surface area contributed by atoms with Crippen LogP contribution >= 0.6 is 0 Å². The lowest BCUT2D eigenvalue weighted by atomic mass is 9.71. The van der Waals surface area contributed by atoms with Gasteiger partial charge in [-0.25, -0.2) is 4.39 Å². The summed E-state index contributed by atoms with van der Waals surface area (Å²) in [6.07, 6.45) is 6.90. The SMILES string of the molecule is CC1(c2ccc(B(O)O)c(F)c2)C=CC=C(c2ccccc2)C1. The average molecular weight is 308 g/mol. The molecular weight excluding hydrogens is 290 g/mol. The molecule has 0 radical (unpaired) electrons. The molecule has 0 spiro atoms. The van der Waals surface area contributed by atoms with E-state index >= 15 is 0 Å². The van der Waals surface area contributed by atoms with Crippen LogP contribution in [0.1, 0.15) is 24.5 Å². The highest BCUT2D eigenvalue weighted by Gasteiger charge is 2.29. The summed E-state index contributed by atoms with van der Waals surface area (Å²) in [6.45, 7) is 2.06. The van der Waals surface area contributed by atoms with Gasteiger partial charge in [-0.15, -0.1) is 0 Å². The van der Waals surface area contributed by atoms with Crippen LogP contribution in [-0.4, -0.2) is 17.2 Å². The molecule has 0 fully saturated rings. The minimum absolute atomic E-state index is 0.101. The molecule has 0 amide bonds. The number of allylic oxidation sites excluding steroid dienone is 4. The van der Waals surface area contributed by atoms with Gasteiger partial charge in [0.05, 0.1) is 0 Å². The van der Waals surface area contributed by atoms with Gasteiger partial charge < -0.3 is 10.0 Å². The van der Waals surface area contributed by atoms with E-state index in [4.69, 9.17) is 10.0 Å². The molecule has 0 saturated carbocycles. The highest BCUT2D eigenvalue weighted by Crippen LogP contribution is 2.38. The average Bonchev–Trinajstić information content (AvgIpc) is 2.55. The molecule has 4 heteroatoms. The summed E-state index contributed by atoms with van der Waals surface area (Å²) in [4.78, 5) is 0. The maximum Gasteiger partial charge on any atom is 0.491 e. The van der Waals surface area contributed by atoms with Gasteiger partial charge in [-0.05, 0) is 29.2 Å². The van der Waals surface area contributed by atoms with E-state index < -0.39 is 12.9 Å². The van der Waals surface area contributed by atoms with Crippen molar-refractivity contribution in [2.24, 2.45) is 0 Å². The Hall–Kier alpha value is -2.17. The first kappa shape index (κ1) is 15.7. The second kappa shape index (κ2) is 6.15.